The molecule has 3 amide bonds. The summed E-state index contributed by atoms with van der Waals surface area (Å²) in [4.78, 5) is 69.0. The van der Waals surface area contributed by atoms with Gasteiger partial charge in [0.15, 0.2) is 12.0 Å². The van der Waals surface area contributed by atoms with Crippen molar-refractivity contribution in [2.24, 2.45) is 36.5 Å². The van der Waals surface area contributed by atoms with Gasteiger partial charge in [-0.3, -0.25) is 33.6 Å². The Morgan fingerprint density at radius 3 is 2.57 bits per heavy atom. The number of hydrogen-bond donors (Lipinski definition) is 2. The summed E-state index contributed by atoms with van der Waals surface area (Å²) >= 11 is 0. The Labute approximate surface area is 367 Å². The number of methoxy groups -OCH3 is 1. The Morgan fingerprint density at radius 1 is 1.06 bits per heavy atom. The van der Waals surface area contributed by atoms with Gasteiger partial charge in [0.25, 0.3) is 5.91 Å². The third kappa shape index (κ3) is 10.1. The molecule has 1 aliphatic heterocycles. The number of Topliss-reactive ketones (excluding diaryl/α,β-unsaturated/α-hetero) is 1. The molecule has 3 aliphatic rings. The zero-order valence-corrected chi connectivity index (χ0v) is 36.8. The standard InChI is InChI=1S/C48H59FN6O8/c1-5-34-33(23-40(56)43(34)49)28-63-47-36-25-41(61-4)37(45(50)58)24-35(36)32(26-51-47)17-16-29-12-14-30(15-13-29)27-53(2)20-8-22-62-21-7-10-31-9-6-11-38-44(31)54(3)48(60)55(38)39-18-19-42(57)52-46(39)59/h6,9,11,24-26,29-30,33-34,39,43H,5,7-8,10,12-15,18-23,27-28H2,1-4H3,(H2,50,58)(H,52,57,59)/t29?,30?,33-,34+,39?,43+/m1/s1. The Balaban J connectivity index is 0.865. The fraction of sp³-hybridized carbons (Fsp3) is 0.542. The summed E-state index contributed by atoms with van der Waals surface area (Å²) in [7, 11) is 5.34. The molecule has 3 heterocycles. The highest BCUT2D eigenvalue weighted by Crippen LogP contribution is 2.37. The van der Waals surface area contributed by atoms with Crippen LogP contribution in [0.15, 0.2) is 41.3 Å². The summed E-state index contributed by atoms with van der Waals surface area (Å²) in [5.41, 5.74) is 8.84. The fourth-order valence-corrected chi connectivity index (χ4v) is 9.78. The monoisotopic (exact) mass is 866 g/mol. The number of piperidine rings is 1. The fourth-order valence-electron chi connectivity index (χ4n) is 9.78. The number of fused-ring (bicyclic) bond motifs is 2. The van der Waals surface area contributed by atoms with E-state index in [-0.39, 0.29) is 60.0 Å². The van der Waals surface area contributed by atoms with Crippen LogP contribution < -0.4 is 26.2 Å². The van der Waals surface area contributed by atoms with E-state index in [1.165, 1.54) is 11.7 Å². The minimum atomic E-state index is -1.47. The van der Waals surface area contributed by atoms with E-state index in [4.69, 9.17) is 19.9 Å². The van der Waals surface area contributed by atoms with Crippen molar-refractivity contribution in [2.45, 2.75) is 89.8 Å². The third-order valence-electron chi connectivity index (χ3n) is 13.2. The van der Waals surface area contributed by atoms with Crippen molar-refractivity contribution < 1.29 is 37.8 Å². The van der Waals surface area contributed by atoms with Crippen LogP contribution in [0.1, 0.15) is 98.7 Å². The van der Waals surface area contributed by atoms with E-state index in [2.05, 4.69) is 34.1 Å². The molecular weight excluding hydrogens is 808 g/mol. The average molecular weight is 867 g/mol. The number of carbonyl (C=O) groups excluding carboxylic acids is 4. The lowest BCUT2D eigenvalue weighted by molar-refractivity contribution is -0.135. The highest BCUT2D eigenvalue weighted by Gasteiger charge is 2.42. The number of aryl methyl sites for hydroxylation is 2. The summed E-state index contributed by atoms with van der Waals surface area (Å²) in [6.45, 7) is 5.22. The first-order valence-corrected chi connectivity index (χ1v) is 22.3. The lowest BCUT2D eigenvalue weighted by atomic mass is 9.82. The molecule has 2 saturated carbocycles. The maximum Gasteiger partial charge on any atom is 0.329 e. The number of halogens is 1. The van der Waals surface area contributed by atoms with E-state index < -0.39 is 29.9 Å². The molecule has 1 unspecified atom stereocenters. The van der Waals surface area contributed by atoms with E-state index in [1.807, 2.05) is 25.1 Å². The smallest absolute Gasteiger partial charge is 0.329 e. The normalized spacial score (nSPS) is 22.7. The van der Waals surface area contributed by atoms with Gasteiger partial charge < -0.3 is 24.8 Å². The van der Waals surface area contributed by atoms with Crippen LogP contribution >= 0.6 is 0 Å². The minimum absolute atomic E-state index is 0.131. The van der Waals surface area contributed by atoms with Gasteiger partial charge in [-0.25, -0.2) is 14.2 Å². The maximum atomic E-state index is 14.5. The number of ether oxygens (including phenoxy) is 3. The second-order valence-corrected chi connectivity index (χ2v) is 17.4. The second-order valence-electron chi connectivity index (χ2n) is 17.4. The maximum absolute atomic E-state index is 14.5. The van der Waals surface area contributed by atoms with Gasteiger partial charge in [0, 0.05) is 80.9 Å². The molecule has 7 rings (SSSR count). The molecule has 1 saturated heterocycles. The largest absolute Gasteiger partial charge is 0.496 e. The van der Waals surface area contributed by atoms with E-state index in [0.29, 0.717) is 59.7 Å². The summed E-state index contributed by atoms with van der Waals surface area (Å²) in [5.74, 6) is 5.79. The number of nitrogens with one attached hydrogen (secondary N) is 1. The summed E-state index contributed by atoms with van der Waals surface area (Å²) in [6, 6.07) is 8.41. The van der Waals surface area contributed by atoms with E-state index >= 15 is 0 Å². The third-order valence-corrected chi connectivity index (χ3v) is 13.2. The number of ketones is 1. The van der Waals surface area contributed by atoms with Crippen molar-refractivity contribution in [3.8, 4) is 23.5 Å². The van der Waals surface area contributed by atoms with Gasteiger partial charge in [-0.1, -0.05) is 30.9 Å². The molecule has 3 fully saturated rings. The molecule has 2 aromatic carbocycles. The van der Waals surface area contributed by atoms with Crippen LogP contribution in [0, 0.1) is 35.5 Å². The molecule has 3 N–H and O–H groups in total. The van der Waals surface area contributed by atoms with Crippen LogP contribution in [-0.2, 0) is 32.6 Å². The van der Waals surface area contributed by atoms with Crippen molar-refractivity contribution in [3.05, 3.63) is 63.7 Å². The van der Waals surface area contributed by atoms with Gasteiger partial charge in [-0.15, -0.1) is 0 Å². The van der Waals surface area contributed by atoms with Gasteiger partial charge in [-0.05, 0) is 94.5 Å². The molecule has 4 aromatic rings. The summed E-state index contributed by atoms with van der Waals surface area (Å²) in [5, 5.41) is 3.62. The minimum Gasteiger partial charge on any atom is -0.496 e. The number of para-hydroxylation sites is 1. The highest BCUT2D eigenvalue weighted by atomic mass is 19.1. The molecule has 14 nitrogen and oxygen atoms in total. The van der Waals surface area contributed by atoms with Crippen LogP contribution in [0.5, 0.6) is 11.6 Å². The Hall–Kier alpha value is -5.59. The lowest BCUT2D eigenvalue weighted by Gasteiger charge is -2.29. The number of alkyl halides is 1. The summed E-state index contributed by atoms with van der Waals surface area (Å²) < 4.78 is 35.2. The van der Waals surface area contributed by atoms with Crippen LogP contribution in [0.3, 0.4) is 0 Å². The Morgan fingerprint density at radius 2 is 1.84 bits per heavy atom. The van der Waals surface area contributed by atoms with Gasteiger partial charge in [0.05, 0.1) is 35.9 Å². The number of rotatable bonds is 17. The summed E-state index contributed by atoms with van der Waals surface area (Å²) in [6.07, 6.45) is 7.91. The number of pyridine rings is 1. The Kier molecular flexibility index (Phi) is 14.6. The Bertz CT molecular complexity index is 2480. The first-order valence-electron chi connectivity index (χ1n) is 22.3. The topological polar surface area (TPSA) is 177 Å². The number of aromatic nitrogens is 3. The van der Waals surface area contributed by atoms with Gasteiger partial charge >= 0.3 is 5.69 Å². The molecule has 336 valence electrons. The molecule has 63 heavy (non-hydrogen) atoms. The van der Waals surface area contributed by atoms with Crippen LogP contribution in [-0.4, -0.2) is 95.8 Å². The molecular formula is C48H59FN6O8. The van der Waals surface area contributed by atoms with E-state index in [0.717, 1.165) is 69.1 Å². The number of nitrogens with zero attached hydrogens (tertiary/aromatic N) is 4. The van der Waals surface area contributed by atoms with Gasteiger partial charge in [0.1, 0.15) is 11.8 Å². The number of hydrogen-bond acceptors (Lipinski definition) is 10. The number of primary amides is 1. The number of benzene rings is 2. The number of amides is 3. The predicted octanol–water partition coefficient (Wildman–Crippen LogP) is 5.43. The molecule has 0 radical (unpaired) electrons. The molecule has 2 aromatic heterocycles. The van der Waals surface area contributed by atoms with Gasteiger partial charge in [-0.2, -0.15) is 0 Å². The van der Waals surface area contributed by atoms with Crippen molar-refractivity contribution in [1.82, 2.24) is 24.3 Å². The molecule has 0 spiro atoms. The second kappa shape index (κ2) is 20.3. The van der Waals surface area contributed by atoms with Crippen LogP contribution in [0.2, 0.25) is 0 Å². The number of nitrogens with two attached hydrogens (primary N) is 1. The number of imidazole rings is 1. The molecule has 15 heteroatoms. The van der Waals surface area contributed by atoms with Crippen molar-refractivity contribution >= 4 is 45.3 Å². The molecule has 0 bridgehead atoms. The van der Waals surface area contributed by atoms with E-state index in [1.54, 1.807) is 29.9 Å². The van der Waals surface area contributed by atoms with Crippen LogP contribution in [0.25, 0.3) is 21.8 Å². The lowest BCUT2D eigenvalue weighted by Crippen LogP contribution is -2.44. The van der Waals surface area contributed by atoms with Crippen molar-refractivity contribution in [1.29, 1.82) is 0 Å². The predicted molar refractivity (Wildman–Crippen MR) is 236 cm³/mol. The highest BCUT2D eigenvalue weighted by molar-refractivity contribution is 6.03. The van der Waals surface area contributed by atoms with Crippen molar-refractivity contribution in [3.63, 3.8) is 0 Å². The average Bonchev–Trinajstić information content (AvgIpc) is 3.70. The van der Waals surface area contributed by atoms with Gasteiger partial charge in [0.2, 0.25) is 17.7 Å². The number of carbonyl (C=O) groups is 4. The van der Waals surface area contributed by atoms with Crippen LogP contribution in [0.4, 0.5) is 4.39 Å². The zero-order valence-electron chi connectivity index (χ0n) is 36.8. The number of imide groups is 1. The quantitative estimate of drug-likeness (QED) is 0.0791. The molecule has 2 aliphatic carbocycles. The first kappa shape index (κ1) is 45.4. The zero-order chi connectivity index (χ0) is 44.8. The van der Waals surface area contributed by atoms with E-state index in [9.17, 15) is 28.4 Å². The SMILES string of the molecule is CC[C@H]1[C@@H](COc2ncc(C#CC3CCC(CN(C)CCCOCCCc4cccc5c4n(C)c(=O)n5C4CCC(=O)NC4=O)CC3)c3cc(C(N)=O)c(OC)cc23)CC(=O)[C@H]1F. The molecule has 4 atom stereocenters. The first-order chi connectivity index (χ1) is 30.4. The van der Waals surface area contributed by atoms with Crippen molar-refractivity contribution in [2.75, 3.05) is 47.1 Å².